The highest BCUT2D eigenvalue weighted by Gasteiger charge is 2.33. The Morgan fingerprint density at radius 3 is 2.64 bits per heavy atom. The van der Waals surface area contributed by atoms with Crippen LogP contribution in [0.5, 0.6) is 5.75 Å². The van der Waals surface area contributed by atoms with E-state index in [1.807, 2.05) is 42.5 Å². The quantitative estimate of drug-likeness (QED) is 0.338. The van der Waals surface area contributed by atoms with Crippen LogP contribution >= 0.6 is 11.6 Å². The van der Waals surface area contributed by atoms with Crippen molar-refractivity contribution in [2.75, 3.05) is 19.6 Å². The van der Waals surface area contributed by atoms with Crippen molar-refractivity contribution < 1.29 is 19.7 Å². The number of nitrogens with zero attached hydrogens (tertiary/aromatic N) is 2. The number of carboxylic acids is 1. The van der Waals surface area contributed by atoms with E-state index in [0.717, 1.165) is 65.3 Å². The maximum absolute atomic E-state index is 11.2. The van der Waals surface area contributed by atoms with Crippen LogP contribution in [0.2, 0.25) is 5.02 Å². The number of hydrogen-bond donors (Lipinski definition) is 2. The highest BCUT2D eigenvalue weighted by molar-refractivity contribution is 6.30. The minimum Gasteiger partial charge on any atom is -0.487 e. The summed E-state index contributed by atoms with van der Waals surface area (Å²) in [6, 6.07) is 17.6. The van der Waals surface area contributed by atoms with Crippen LogP contribution in [0.3, 0.4) is 0 Å². The van der Waals surface area contributed by atoms with Crippen molar-refractivity contribution in [1.82, 2.24) is 9.88 Å². The number of halogens is 1. The number of pyridine rings is 1. The maximum atomic E-state index is 11.2. The summed E-state index contributed by atoms with van der Waals surface area (Å²) in [7, 11) is 0. The maximum Gasteiger partial charge on any atom is 0.330 e. The average molecular weight is 545 g/mol. The first-order valence-corrected chi connectivity index (χ1v) is 13.7. The van der Waals surface area contributed by atoms with Crippen molar-refractivity contribution >= 4 is 23.1 Å². The molecular weight excluding hydrogens is 512 g/mol. The molecule has 6 nitrogen and oxygen atoms in total. The molecule has 2 aromatic carbocycles. The fourth-order valence-electron chi connectivity index (χ4n) is 5.37. The number of benzene rings is 2. The molecule has 2 aliphatic heterocycles. The number of hydrogen-bond acceptors (Lipinski definition) is 5. The lowest BCUT2D eigenvalue weighted by molar-refractivity contribution is -0.132. The monoisotopic (exact) mass is 544 g/mol. The third kappa shape index (κ3) is 6.25. The first-order chi connectivity index (χ1) is 18.8. The topological polar surface area (TPSA) is 82.9 Å². The minimum absolute atomic E-state index is 0.205. The second kappa shape index (κ2) is 11.7. The third-order valence-corrected chi connectivity index (χ3v) is 8.01. The minimum atomic E-state index is -0.960. The summed E-state index contributed by atoms with van der Waals surface area (Å²) in [6.07, 6.45) is 7.23. The van der Waals surface area contributed by atoms with Crippen LogP contribution in [0.25, 0.3) is 5.57 Å². The molecule has 7 heteroatoms. The Bertz CT molecular complexity index is 1390. The first kappa shape index (κ1) is 27.1. The Balaban J connectivity index is 1.32. The summed E-state index contributed by atoms with van der Waals surface area (Å²) in [5.41, 5.74) is 5.38. The second-order valence-electron chi connectivity index (χ2n) is 10.3. The van der Waals surface area contributed by atoms with Crippen LogP contribution < -0.4 is 4.74 Å². The van der Waals surface area contributed by atoms with E-state index in [0.29, 0.717) is 37.3 Å². The van der Waals surface area contributed by atoms with E-state index in [9.17, 15) is 15.0 Å². The zero-order valence-electron chi connectivity index (χ0n) is 21.9. The van der Waals surface area contributed by atoms with Gasteiger partial charge in [-0.25, -0.2) is 4.79 Å². The highest BCUT2D eigenvalue weighted by atomic mass is 35.5. The van der Waals surface area contributed by atoms with Crippen molar-refractivity contribution in [3.63, 3.8) is 0 Å². The normalized spacial score (nSPS) is 17.5. The number of rotatable bonds is 8. The molecule has 0 unspecified atom stereocenters. The molecule has 0 radical (unpaired) electrons. The number of aromatic nitrogens is 1. The molecule has 0 aliphatic carbocycles. The van der Waals surface area contributed by atoms with Gasteiger partial charge in [0.2, 0.25) is 0 Å². The molecule has 0 amide bonds. The van der Waals surface area contributed by atoms with Crippen molar-refractivity contribution in [1.29, 1.82) is 0 Å². The molecule has 3 heterocycles. The fraction of sp³-hybridized carbons (Fsp3) is 0.312. The summed E-state index contributed by atoms with van der Waals surface area (Å²) < 4.78 is 6.13. The molecule has 2 aliphatic rings. The van der Waals surface area contributed by atoms with Gasteiger partial charge in [-0.15, -0.1) is 0 Å². The zero-order chi connectivity index (χ0) is 27.4. The van der Waals surface area contributed by atoms with Crippen molar-refractivity contribution in [2.45, 2.75) is 44.3 Å². The van der Waals surface area contributed by atoms with Crippen LogP contribution in [0, 0.1) is 0 Å². The molecule has 1 saturated heterocycles. The molecule has 202 valence electrons. The lowest BCUT2D eigenvalue weighted by atomic mass is 9.84. The molecule has 3 aromatic rings. The van der Waals surface area contributed by atoms with Gasteiger partial charge in [0.15, 0.2) is 0 Å². The van der Waals surface area contributed by atoms with E-state index < -0.39 is 11.6 Å². The Morgan fingerprint density at radius 2 is 1.90 bits per heavy atom. The van der Waals surface area contributed by atoms with Crippen molar-refractivity contribution in [3.05, 3.63) is 112 Å². The van der Waals surface area contributed by atoms with E-state index in [2.05, 4.69) is 34.7 Å². The van der Waals surface area contributed by atoms with Gasteiger partial charge in [-0.05, 0) is 79.1 Å². The van der Waals surface area contributed by atoms with Gasteiger partial charge in [-0.3, -0.25) is 4.98 Å². The summed E-state index contributed by atoms with van der Waals surface area (Å²) in [5, 5.41) is 21.1. The first-order valence-electron chi connectivity index (χ1n) is 13.3. The molecule has 39 heavy (non-hydrogen) atoms. The van der Waals surface area contributed by atoms with Crippen LogP contribution in [0.1, 0.15) is 53.6 Å². The number of aliphatic carboxylic acids is 1. The lowest BCUT2D eigenvalue weighted by Gasteiger charge is -2.38. The van der Waals surface area contributed by atoms with Crippen molar-refractivity contribution in [2.24, 2.45) is 0 Å². The molecule has 0 bridgehead atoms. The summed E-state index contributed by atoms with van der Waals surface area (Å²) in [4.78, 5) is 18.2. The number of fused-ring (bicyclic) bond motifs is 2. The largest absolute Gasteiger partial charge is 0.487 e. The average Bonchev–Trinajstić information content (AvgIpc) is 3.10. The predicted molar refractivity (Wildman–Crippen MR) is 153 cm³/mol. The SMILES string of the molecule is C=C(CCc1ccc2c(c1)/C(=C/CCN1CCC(O)(c3ccc(Cl)cc3)CC1)c1cccnc1CO2)C(=O)O. The summed E-state index contributed by atoms with van der Waals surface area (Å²) in [6.45, 7) is 6.57. The van der Waals surface area contributed by atoms with E-state index in [1.54, 1.807) is 6.20 Å². The standard InChI is InChI=1S/C32H33ClN2O4/c1-22(31(36)37)6-7-23-8-13-30-28(20-23)26(27-4-2-16-34-29(27)21-39-30)5-3-17-35-18-14-32(38,15-19-35)24-9-11-25(33)12-10-24/h2,4-5,8-13,16,20,38H,1,3,6-7,14-15,17-19,21H2,(H,36,37)/b26-5+. The number of carboxylic acid groups (broad SMARTS) is 1. The fourth-order valence-corrected chi connectivity index (χ4v) is 5.49. The number of piperidine rings is 1. The third-order valence-electron chi connectivity index (χ3n) is 7.76. The van der Waals surface area contributed by atoms with Gasteiger partial charge in [-0.2, -0.15) is 0 Å². The molecule has 0 spiro atoms. The van der Waals surface area contributed by atoms with Gasteiger partial charge < -0.3 is 19.8 Å². The number of aliphatic hydroxyl groups is 1. The van der Waals surface area contributed by atoms with Crippen molar-refractivity contribution in [3.8, 4) is 5.75 Å². The molecule has 1 fully saturated rings. The van der Waals surface area contributed by atoms with Crippen LogP contribution in [-0.2, 0) is 23.4 Å². The van der Waals surface area contributed by atoms with Gasteiger partial charge in [0.1, 0.15) is 12.4 Å². The predicted octanol–water partition coefficient (Wildman–Crippen LogP) is 6.01. The molecule has 1 aromatic heterocycles. The van der Waals surface area contributed by atoms with E-state index in [1.165, 1.54) is 0 Å². The Labute approximate surface area is 234 Å². The summed E-state index contributed by atoms with van der Waals surface area (Å²) in [5.74, 6) is -0.163. The van der Waals surface area contributed by atoms with E-state index in [-0.39, 0.29) is 5.57 Å². The molecule has 5 rings (SSSR count). The van der Waals surface area contributed by atoms with Crippen LogP contribution in [0.15, 0.2) is 79.0 Å². The molecule has 0 atom stereocenters. The Kier molecular flexibility index (Phi) is 8.17. The van der Waals surface area contributed by atoms with Gasteiger partial charge in [0, 0.05) is 47.6 Å². The van der Waals surface area contributed by atoms with E-state index >= 15 is 0 Å². The summed E-state index contributed by atoms with van der Waals surface area (Å²) >= 11 is 6.03. The lowest BCUT2D eigenvalue weighted by Crippen LogP contribution is -2.42. The van der Waals surface area contributed by atoms with Gasteiger partial charge in [-0.1, -0.05) is 48.5 Å². The Morgan fingerprint density at radius 1 is 1.13 bits per heavy atom. The smallest absolute Gasteiger partial charge is 0.330 e. The number of carbonyl (C=O) groups is 1. The highest BCUT2D eigenvalue weighted by Crippen LogP contribution is 2.38. The second-order valence-corrected chi connectivity index (χ2v) is 10.7. The van der Waals surface area contributed by atoms with E-state index in [4.69, 9.17) is 16.3 Å². The number of likely N-dealkylation sites (tertiary alicyclic amines) is 1. The van der Waals surface area contributed by atoms with Gasteiger partial charge in [0.05, 0.1) is 11.3 Å². The van der Waals surface area contributed by atoms with Crippen LogP contribution in [0.4, 0.5) is 0 Å². The van der Waals surface area contributed by atoms with Gasteiger partial charge >= 0.3 is 5.97 Å². The molecule has 0 saturated carbocycles. The molecular formula is C32H33ClN2O4. The van der Waals surface area contributed by atoms with Gasteiger partial charge in [0.25, 0.3) is 0 Å². The number of aryl methyl sites for hydroxylation is 1. The molecule has 2 N–H and O–H groups in total. The number of ether oxygens (including phenoxy) is 1. The zero-order valence-corrected chi connectivity index (χ0v) is 22.7. The van der Waals surface area contributed by atoms with Crippen LogP contribution in [-0.4, -0.2) is 45.7 Å². The Hall–Kier alpha value is -3.45.